The van der Waals surface area contributed by atoms with E-state index in [-0.39, 0.29) is 18.1 Å². The molecule has 0 unspecified atom stereocenters. The number of Topliss-reactive ketones (excluding diaryl/α,β-unsaturated/α-hetero) is 1. The summed E-state index contributed by atoms with van der Waals surface area (Å²) in [6, 6.07) is 5.22. The molecule has 0 saturated heterocycles. The number of carbonyl (C=O) groups is 2. The molecule has 98 valence electrons. The Morgan fingerprint density at radius 3 is 2.39 bits per heavy atom. The number of aryl methyl sites for hydroxylation is 1. The van der Waals surface area contributed by atoms with Gasteiger partial charge in [0.1, 0.15) is 5.78 Å². The van der Waals surface area contributed by atoms with Gasteiger partial charge >= 0.3 is 0 Å². The Kier molecular flexibility index (Phi) is 4.52. The summed E-state index contributed by atoms with van der Waals surface area (Å²) < 4.78 is 0. The number of benzene rings is 1. The highest BCUT2D eigenvalue weighted by Crippen LogP contribution is 2.20. The molecule has 1 aromatic carbocycles. The molecule has 0 aromatic heterocycles. The number of ketones is 1. The van der Waals surface area contributed by atoms with Crippen molar-refractivity contribution < 1.29 is 9.59 Å². The second-order valence-corrected chi connectivity index (χ2v) is 5.77. The van der Waals surface area contributed by atoms with Crippen LogP contribution in [0.25, 0.3) is 0 Å². The average molecular weight is 268 g/mol. The third-order valence-corrected chi connectivity index (χ3v) is 3.02. The molecule has 0 fully saturated rings. The molecule has 0 saturated carbocycles. The predicted octanol–water partition coefficient (Wildman–Crippen LogP) is 3.59. The highest BCUT2D eigenvalue weighted by atomic mass is 35.5. The van der Waals surface area contributed by atoms with Gasteiger partial charge in [-0.05, 0) is 30.7 Å². The monoisotopic (exact) mass is 267 g/mol. The van der Waals surface area contributed by atoms with E-state index in [2.05, 4.69) is 5.32 Å². The fourth-order valence-electron chi connectivity index (χ4n) is 1.34. The molecule has 1 aromatic rings. The van der Waals surface area contributed by atoms with Crippen LogP contribution in [0.5, 0.6) is 0 Å². The number of hydrogen-bond acceptors (Lipinski definition) is 2. The molecule has 1 amide bonds. The van der Waals surface area contributed by atoms with E-state index in [0.717, 1.165) is 5.56 Å². The first-order valence-electron chi connectivity index (χ1n) is 5.79. The molecule has 3 nitrogen and oxygen atoms in total. The first-order valence-corrected chi connectivity index (χ1v) is 6.17. The lowest BCUT2D eigenvalue weighted by Crippen LogP contribution is -2.26. The molecule has 0 aliphatic rings. The van der Waals surface area contributed by atoms with Crippen LogP contribution in [0.1, 0.15) is 32.8 Å². The van der Waals surface area contributed by atoms with Crippen LogP contribution in [0.3, 0.4) is 0 Å². The number of anilines is 1. The van der Waals surface area contributed by atoms with Crippen LogP contribution in [-0.2, 0) is 9.59 Å². The molecular formula is C14H18ClNO2. The van der Waals surface area contributed by atoms with Crippen LogP contribution in [0.2, 0.25) is 5.02 Å². The Bertz CT molecular complexity index is 475. The van der Waals surface area contributed by atoms with E-state index >= 15 is 0 Å². The Morgan fingerprint density at radius 2 is 1.89 bits per heavy atom. The van der Waals surface area contributed by atoms with Crippen molar-refractivity contribution in [2.24, 2.45) is 5.41 Å². The smallest absolute Gasteiger partial charge is 0.231 e. The van der Waals surface area contributed by atoms with Gasteiger partial charge in [-0.25, -0.2) is 0 Å². The summed E-state index contributed by atoms with van der Waals surface area (Å²) in [5.41, 5.74) is 1.05. The SMILES string of the molecule is Cc1cc(NC(=O)CC(=O)C(C)(C)C)ccc1Cl. The van der Waals surface area contributed by atoms with E-state index < -0.39 is 5.41 Å². The second-order valence-electron chi connectivity index (χ2n) is 5.36. The van der Waals surface area contributed by atoms with Crippen molar-refractivity contribution in [2.45, 2.75) is 34.1 Å². The average Bonchev–Trinajstić information content (AvgIpc) is 2.22. The summed E-state index contributed by atoms with van der Waals surface area (Å²) in [5.74, 6) is -0.373. The molecule has 18 heavy (non-hydrogen) atoms. The lowest BCUT2D eigenvalue weighted by molar-refractivity contribution is -0.130. The van der Waals surface area contributed by atoms with Crippen molar-refractivity contribution in [3.8, 4) is 0 Å². The van der Waals surface area contributed by atoms with Gasteiger partial charge in [0.2, 0.25) is 5.91 Å². The summed E-state index contributed by atoms with van der Waals surface area (Å²) in [6.45, 7) is 7.26. The van der Waals surface area contributed by atoms with Crippen LogP contribution in [0.15, 0.2) is 18.2 Å². The van der Waals surface area contributed by atoms with Crippen LogP contribution >= 0.6 is 11.6 Å². The van der Waals surface area contributed by atoms with Gasteiger partial charge in [0.25, 0.3) is 0 Å². The zero-order valence-electron chi connectivity index (χ0n) is 11.1. The van der Waals surface area contributed by atoms with Gasteiger partial charge in [-0.3, -0.25) is 9.59 Å². The van der Waals surface area contributed by atoms with Crippen molar-refractivity contribution in [2.75, 3.05) is 5.32 Å². The summed E-state index contributed by atoms with van der Waals surface area (Å²) in [4.78, 5) is 23.4. The summed E-state index contributed by atoms with van der Waals surface area (Å²) in [5, 5.41) is 3.35. The van der Waals surface area contributed by atoms with Gasteiger partial charge in [-0.2, -0.15) is 0 Å². The third kappa shape index (κ3) is 4.15. The van der Waals surface area contributed by atoms with Crippen molar-refractivity contribution in [1.29, 1.82) is 0 Å². The molecule has 0 radical (unpaired) electrons. The maximum absolute atomic E-state index is 11.7. The summed E-state index contributed by atoms with van der Waals surface area (Å²) in [7, 11) is 0. The lowest BCUT2D eigenvalue weighted by atomic mass is 9.89. The van der Waals surface area contributed by atoms with E-state index in [1.54, 1.807) is 39.0 Å². The molecule has 0 spiro atoms. The van der Waals surface area contributed by atoms with Crippen molar-refractivity contribution in [3.63, 3.8) is 0 Å². The van der Waals surface area contributed by atoms with E-state index in [9.17, 15) is 9.59 Å². The molecule has 0 bridgehead atoms. The van der Waals surface area contributed by atoms with E-state index in [1.165, 1.54) is 0 Å². The summed E-state index contributed by atoms with van der Waals surface area (Å²) in [6.07, 6.45) is -0.106. The van der Waals surface area contributed by atoms with Crippen LogP contribution in [0, 0.1) is 12.3 Å². The molecule has 1 rings (SSSR count). The Morgan fingerprint density at radius 1 is 1.28 bits per heavy atom. The zero-order valence-corrected chi connectivity index (χ0v) is 11.9. The lowest BCUT2D eigenvalue weighted by Gasteiger charge is -2.16. The molecule has 4 heteroatoms. The van der Waals surface area contributed by atoms with Crippen LogP contribution in [-0.4, -0.2) is 11.7 Å². The minimum absolute atomic E-state index is 0.0781. The molecule has 0 aliphatic carbocycles. The van der Waals surface area contributed by atoms with Gasteiger partial charge < -0.3 is 5.32 Å². The normalized spacial score (nSPS) is 11.2. The minimum Gasteiger partial charge on any atom is -0.326 e. The Hall–Kier alpha value is -1.35. The standard InChI is InChI=1S/C14H18ClNO2/c1-9-7-10(5-6-11(9)15)16-13(18)8-12(17)14(2,3)4/h5-7H,8H2,1-4H3,(H,16,18). The number of rotatable bonds is 3. The number of hydrogen-bond donors (Lipinski definition) is 1. The third-order valence-electron chi connectivity index (χ3n) is 2.60. The van der Waals surface area contributed by atoms with E-state index in [0.29, 0.717) is 10.7 Å². The van der Waals surface area contributed by atoms with Gasteiger partial charge in [0.05, 0.1) is 6.42 Å². The topological polar surface area (TPSA) is 46.2 Å². The maximum atomic E-state index is 11.7. The first-order chi connectivity index (χ1) is 8.20. The van der Waals surface area contributed by atoms with Gasteiger partial charge in [-0.1, -0.05) is 32.4 Å². The second kappa shape index (κ2) is 5.53. The maximum Gasteiger partial charge on any atom is 0.231 e. The van der Waals surface area contributed by atoms with Crippen molar-refractivity contribution >= 4 is 29.0 Å². The zero-order chi connectivity index (χ0) is 13.9. The predicted molar refractivity (Wildman–Crippen MR) is 73.9 cm³/mol. The Balaban J connectivity index is 2.65. The fraction of sp³-hybridized carbons (Fsp3) is 0.429. The highest BCUT2D eigenvalue weighted by Gasteiger charge is 2.23. The van der Waals surface area contributed by atoms with Gasteiger partial charge in [-0.15, -0.1) is 0 Å². The molecule has 0 aliphatic heterocycles. The van der Waals surface area contributed by atoms with Gasteiger partial charge in [0, 0.05) is 16.1 Å². The largest absolute Gasteiger partial charge is 0.326 e. The van der Waals surface area contributed by atoms with Crippen molar-refractivity contribution in [3.05, 3.63) is 28.8 Å². The molecule has 1 N–H and O–H groups in total. The van der Waals surface area contributed by atoms with Crippen LogP contribution < -0.4 is 5.32 Å². The highest BCUT2D eigenvalue weighted by molar-refractivity contribution is 6.31. The first kappa shape index (κ1) is 14.7. The molecular weight excluding hydrogens is 250 g/mol. The number of carbonyl (C=O) groups excluding carboxylic acids is 2. The molecule has 0 atom stereocenters. The number of halogens is 1. The Labute approximate surface area is 113 Å². The van der Waals surface area contributed by atoms with E-state index in [1.807, 2.05) is 6.92 Å². The molecule has 0 heterocycles. The fourth-order valence-corrected chi connectivity index (χ4v) is 1.46. The van der Waals surface area contributed by atoms with Crippen LogP contribution in [0.4, 0.5) is 5.69 Å². The quantitative estimate of drug-likeness (QED) is 0.851. The summed E-state index contributed by atoms with van der Waals surface area (Å²) >= 11 is 5.89. The number of nitrogens with one attached hydrogen (secondary N) is 1. The van der Waals surface area contributed by atoms with Gasteiger partial charge in [0.15, 0.2) is 0 Å². The van der Waals surface area contributed by atoms with Crippen molar-refractivity contribution in [1.82, 2.24) is 0 Å². The van der Waals surface area contributed by atoms with E-state index in [4.69, 9.17) is 11.6 Å². The minimum atomic E-state index is -0.493. The number of amides is 1.